The fourth-order valence-corrected chi connectivity index (χ4v) is 1.62. The predicted octanol–water partition coefficient (Wildman–Crippen LogP) is 3.01. The van der Waals surface area contributed by atoms with E-state index in [1.54, 1.807) is 0 Å². The van der Waals surface area contributed by atoms with Gasteiger partial charge >= 0.3 is 0 Å². The van der Waals surface area contributed by atoms with Gasteiger partial charge in [-0.05, 0) is 29.5 Å². The number of hydrogen-bond donors (Lipinski definition) is 1. The van der Waals surface area contributed by atoms with Gasteiger partial charge in [-0.1, -0.05) is 41.9 Å². The molecule has 0 unspecified atom stereocenters. The lowest BCUT2D eigenvalue weighted by Gasteiger charge is -2.24. The number of benzene rings is 1. The molecular weight excluding hydrogens is 242 g/mol. The molecule has 0 aliphatic rings. The van der Waals surface area contributed by atoms with Crippen molar-refractivity contribution >= 4 is 15.9 Å². The molecule has 3 heteroatoms. The molecule has 0 fully saturated rings. The van der Waals surface area contributed by atoms with Crippen LogP contribution in [-0.4, -0.2) is 6.61 Å². The van der Waals surface area contributed by atoms with Crippen LogP contribution in [0.4, 0.5) is 0 Å². The molecular formula is C11H16BrNO. The van der Waals surface area contributed by atoms with E-state index in [2.05, 4.69) is 58.9 Å². The van der Waals surface area contributed by atoms with Gasteiger partial charge in [-0.15, -0.1) is 0 Å². The first kappa shape index (κ1) is 11.7. The van der Waals surface area contributed by atoms with Crippen LogP contribution in [0.5, 0.6) is 0 Å². The first-order valence-electron chi connectivity index (χ1n) is 4.64. The third kappa shape index (κ3) is 3.08. The minimum Gasteiger partial charge on any atom is -0.305 e. The van der Waals surface area contributed by atoms with Crippen LogP contribution in [0.25, 0.3) is 0 Å². The number of rotatable bonds is 4. The Hall–Kier alpha value is -0.380. The SMILES string of the molecule is CC(C)(CCON)c1ccc(Br)cc1. The Morgan fingerprint density at radius 2 is 1.86 bits per heavy atom. The van der Waals surface area contributed by atoms with E-state index in [0.29, 0.717) is 6.61 Å². The zero-order chi connectivity index (χ0) is 10.6. The smallest absolute Gasteiger partial charge is 0.0687 e. The van der Waals surface area contributed by atoms with Crippen LogP contribution in [-0.2, 0) is 10.3 Å². The van der Waals surface area contributed by atoms with Gasteiger partial charge in [-0.3, -0.25) is 0 Å². The average Bonchev–Trinajstić information content (AvgIpc) is 2.16. The third-order valence-electron chi connectivity index (χ3n) is 2.47. The summed E-state index contributed by atoms with van der Waals surface area (Å²) in [6.07, 6.45) is 0.922. The highest BCUT2D eigenvalue weighted by molar-refractivity contribution is 9.10. The molecule has 1 rings (SSSR count). The molecule has 14 heavy (non-hydrogen) atoms. The maximum Gasteiger partial charge on any atom is 0.0687 e. The van der Waals surface area contributed by atoms with Crippen LogP contribution in [0.2, 0.25) is 0 Å². The molecule has 0 aliphatic heterocycles. The molecule has 0 radical (unpaired) electrons. The van der Waals surface area contributed by atoms with Crippen molar-refractivity contribution in [1.82, 2.24) is 0 Å². The van der Waals surface area contributed by atoms with E-state index in [9.17, 15) is 0 Å². The molecule has 0 saturated carbocycles. The maximum absolute atomic E-state index is 5.03. The lowest BCUT2D eigenvalue weighted by molar-refractivity contribution is 0.121. The molecule has 1 aromatic carbocycles. The first-order chi connectivity index (χ1) is 6.56. The van der Waals surface area contributed by atoms with Crippen LogP contribution in [0.3, 0.4) is 0 Å². The van der Waals surface area contributed by atoms with Crippen LogP contribution in [0.1, 0.15) is 25.8 Å². The van der Waals surface area contributed by atoms with Crippen LogP contribution < -0.4 is 5.90 Å². The van der Waals surface area contributed by atoms with E-state index in [0.717, 1.165) is 10.9 Å². The standard InChI is InChI=1S/C11H16BrNO/c1-11(2,7-8-14-13)9-3-5-10(12)6-4-9/h3-6H,7-8,13H2,1-2H3. The average molecular weight is 258 g/mol. The fraction of sp³-hybridized carbons (Fsp3) is 0.455. The van der Waals surface area contributed by atoms with Crippen molar-refractivity contribution < 1.29 is 4.84 Å². The van der Waals surface area contributed by atoms with Gasteiger partial charge in [0.15, 0.2) is 0 Å². The summed E-state index contributed by atoms with van der Waals surface area (Å²) in [5.74, 6) is 5.03. The largest absolute Gasteiger partial charge is 0.305 e. The second kappa shape index (κ2) is 4.91. The quantitative estimate of drug-likeness (QED) is 0.842. The molecule has 78 valence electrons. The summed E-state index contributed by atoms with van der Waals surface area (Å²) in [6, 6.07) is 8.36. The highest BCUT2D eigenvalue weighted by atomic mass is 79.9. The van der Waals surface area contributed by atoms with E-state index in [4.69, 9.17) is 5.90 Å². The molecule has 0 atom stereocenters. The van der Waals surface area contributed by atoms with Crippen molar-refractivity contribution in [3.8, 4) is 0 Å². The Morgan fingerprint density at radius 1 is 1.29 bits per heavy atom. The second-order valence-corrected chi connectivity index (χ2v) is 4.93. The minimum absolute atomic E-state index is 0.111. The molecule has 0 spiro atoms. The summed E-state index contributed by atoms with van der Waals surface area (Å²) >= 11 is 3.42. The van der Waals surface area contributed by atoms with Crippen molar-refractivity contribution in [3.05, 3.63) is 34.3 Å². The van der Waals surface area contributed by atoms with E-state index in [1.807, 2.05) is 0 Å². The summed E-state index contributed by atoms with van der Waals surface area (Å²) in [6.45, 7) is 4.97. The molecule has 0 amide bonds. The molecule has 0 aromatic heterocycles. The molecule has 1 aromatic rings. The Labute approximate surface area is 93.5 Å². The normalized spacial score (nSPS) is 11.7. The zero-order valence-electron chi connectivity index (χ0n) is 8.59. The van der Waals surface area contributed by atoms with Crippen LogP contribution in [0, 0.1) is 0 Å². The van der Waals surface area contributed by atoms with Gasteiger partial charge in [0.25, 0.3) is 0 Å². The Kier molecular flexibility index (Phi) is 4.11. The predicted molar refractivity (Wildman–Crippen MR) is 61.9 cm³/mol. The third-order valence-corrected chi connectivity index (χ3v) is 3.00. The summed E-state index contributed by atoms with van der Waals surface area (Å²) in [4.78, 5) is 4.61. The van der Waals surface area contributed by atoms with Crippen molar-refractivity contribution in [2.45, 2.75) is 25.7 Å². The molecule has 0 saturated heterocycles. The van der Waals surface area contributed by atoms with Gasteiger partial charge in [0.05, 0.1) is 6.61 Å². The summed E-state index contributed by atoms with van der Waals surface area (Å²) in [7, 11) is 0. The minimum atomic E-state index is 0.111. The lowest BCUT2D eigenvalue weighted by Crippen LogP contribution is -2.20. The lowest BCUT2D eigenvalue weighted by atomic mass is 9.82. The van der Waals surface area contributed by atoms with Gasteiger partial charge in [0.2, 0.25) is 0 Å². The molecule has 0 heterocycles. The van der Waals surface area contributed by atoms with Gasteiger partial charge in [0.1, 0.15) is 0 Å². The van der Waals surface area contributed by atoms with E-state index in [-0.39, 0.29) is 5.41 Å². The van der Waals surface area contributed by atoms with E-state index < -0.39 is 0 Å². The number of halogens is 1. The maximum atomic E-state index is 5.03. The highest BCUT2D eigenvalue weighted by Crippen LogP contribution is 2.27. The Bertz CT molecular complexity index is 282. The zero-order valence-corrected chi connectivity index (χ0v) is 10.2. The molecule has 2 nitrogen and oxygen atoms in total. The summed E-state index contributed by atoms with van der Waals surface area (Å²) in [5.41, 5.74) is 1.41. The molecule has 2 N–H and O–H groups in total. The van der Waals surface area contributed by atoms with Crippen LogP contribution in [0.15, 0.2) is 28.7 Å². The van der Waals surface area contributed by atoms with Gasteiger partial charge in [-0.2, -0.15) is 0 Å². The van der Waals surface area contributed by atoms with E-state index in [1.165, 1.54) is 5.56 Å². The van der Waals surface area contributed by atoms with Crippen LogP contribution >= 0.6 is 15.9 Å². The topological polar surface area (TPSA) is 35.2 Å². The summed E-state index contributed by atoms with van der Waals surface area (Å²) in [5, 5.41) is 0. The first-order valence-corrected chi connectivity index (χ1v) is 5.43. The molecule has 0 bridgehead atoms. The second-order valence-electron chi connectivity index (χ2n) is 4.01. The molecule has 0 aliphatic carbocycles. The number of nitrogens with two attached hydrogens (primary N) is 1. The van der Waals surface area contributed by atoms with Gasteiger partial charge < -0.3 is 4.84 Å². The van der Waals surface area contributed by atoms with Crippen molar-refractivity contribution in [2.75, 3.05) is 6.61 Å². The number of hydrogen-bond acceptors (Lipinski definition) is 2. The van der Waals surface area contributed by atoms with Crippen molar-refractivity contribution in [2.24, 2.45) is 5.90 Å². The highest BCUT2D eigenvalue weighted by Gasteiger charge is 2.19. The van der Waals surface area contributed by atoms with E-state index >= 15 is 0 Å². The van der Waals surface area contributed by atoms with Gasteiger partial charge in [-0.25, -0.2) is 5.90 Å². The monoisotopic (exact) mass is 257 g/mol. The Balaban J connectivity index is 2.75. The van der Waals surface area contributed by atoms with Crippen molar-refractivity contribution in [1.29, 1.82) is 0 Å². The Morgan fingerprint density at radius 3 is 2.36 bits per heavy atom. The summed E-state index contributed by atoms with van der Waals surface area (Å²) < 4.78 is 1.10. The fourth-order valence-electron chi connectivity index (χ4n) is 1.36. The van der Waals surface area contributed by atoms with Gasteiger partial charge in [0, 0.05) is 4.47 Å². The van der Waals surface area contributed by atoms with Crippen molar-refractivity contribution in [3.63, 3.8) is 0 Å².